The second-order valence-corrected chi connectivity index (χ2v) is 14.6. The molecule has 0 aliphatic carbocycles. The first-order chi connectivity index (χ1) is 22.8. The Morgan fingerprint density at radius 2 is 1.60 bits per heavy atom. The Hall–Kier alpha value is -3.75. The number of aryl methyl sites for hydroxylation is 3. The number of benzene rings is 2. The van der Waals surface area contributed by atoms with Gasteiger partial charge in [0, 0.05) is 61.1 Å². The second kappa shape index (κ2) is 14.6. The van der Waals surface area contributed by atoms with Crippen molar-refractivity contribution in [2.24, 2.45) is 5.92 Å². The summed E-state index contributed by atoms with van der Waals surface area (Å²) in [5.74, 6) is 0.288. The van der Waals surface area contributed by atoms with Crippen LogP contribution in [0.2, 0.25) is 0 Å². The summed E-state index contributed by atoms with van der Waals surface area (Å²) in [5.41, 5.74) is 8.17. The Kier molecular flexibility index (Phi) is 10.3. The fourth-order valence-electron chi connectivity index (χ4n) is 7.12. The lowest BCUT2D eigenvalue weighted by molar-refractivity contribution is 0.0722. The van der Waals surface area contributed by atoms with Gasteiger partial charge in [-0.15, -0.1) is 11.3 Å². The average molecular weight is 652 g/mol. The molecule has 0 spiro atoms. The van der Waals surface area contributed by atoms with Crippen LogP contribution in [0.3, 0.4) is 0 Å². The maximum absolute atomic E-state index is 14.9. The number of carbonyl (C=O) groups excluding carboxylic acids is 1. The van der Waals surface area contributed by atoms with Crippen LogP contribution in [-0.4, -0.2) is 59.6 Å². The number of likely N-dealkylation sites (tertiary alicyclic amines) is 1. The number of carbonyl (C=O) groups is 1. The summed E-state index contributed by atoms with van der Waals surface area (Å²) in [5, 5.41) is 4.08. The topological polar surface area (TPSA) is 70.5 Å². The summed E-state index contributed by atoms with van der Waals surface area (Å²) in [6.45, 7) is 16.2. The van der Waals surface area contributed by atoms with Gasteiger partial charge in [0.15, 0.2) is 0 Å². The minimum absolute atomic E-state index is 0.0272. The van der Waals surface area contributed by atoms with Crippen LogP contribution in [0.5, 0.6) is 0 Å². The van der Waals surface area contributed by atoms with Crippen LogP contribution in [0.15, 0.2) is 53.3 Å². The third-order valence-corrected chi connectivity index (χ3v) is 10.6. The molecule has 2 aliphatic rings. The normalized spacial score (nSPS) is 15.4. The van der Waals surface area contributed by atoms with Crippen molar-refractivity contribution in [2.75, 3.05) is 44.2 Å². The van der Waals surface area contributed by atoms with E-state index < -0.39 is 0 Å². The Bertz CT molecular complexity index is 1750. The fourth-order valence-corrected chi connectivity index (χ4v) is 8.06. The molecule has 0 bridgehead atoms. The molecule has 6 rings (SSSR count). The molecular weight excluding hydrogens is 603 g/mol. The number of para-hydroxylation sites is 1. The lowest BCUT2D eigenvalue weighted by atomic mass is 9.96. The van der Waals surface area contributed by atoms with Gasteiger partial charge in [-0.1, -0.05) is 58.0 Å². The van der Waals surface area contributed by atoms with Gasteiger partial charge in [0.25, 0.3) is 11.5 Å². The first kappa shape index (κ1) is 33.2. The van der Waals surface area contributed by atoms with Crippen LogP contribution >= 0.6 is 11.3 Å². The number of aromatic nitrogens is 2. The molecule has 0 radical (unpaired) electrons. The van der Waals surface area contributed by atoms with Crippen molar-refractivity contribution in [2.45, 2.75) is 73.1 Å². The molecule has 248 valence electrons. The summed E-state index contributed by atoms with van der Waals surface area (Å²) >= 11 is 1.54. The third-order valence-electron chi connectivity index (χ3n) is 9.62. The lowest BCUT2D eigenvalue weighted by Crippen LogP contribution is -2.43. The zero-order valence-corrected chi connectivity index (χ0v) is 29.5. The zero-order chi connectivity index (χ0) is 33.1. The van der Waals surface area contributed by atoms with E-state index in [9.17, 15) is 9.59 Å². The van der Waals surface area contributed by atoms with Crippen LogP contribution in [0.25, 0.3) is 27.5 Å². The Balaban J connectivity index is 1.53. The van der Waals surface area contributed by atoms with Crippen LogP contribution in [-0.2, 0) is 19.3 Å². The van der Waals surface area contributed by atoms with Gasteiger partial charge >= 0.3 is 0 Å². The van der Waals surface area contributed by atoms with Crippen molar-refractivity contribution in [3.8, 4) is 27.5 Å². The number of thiazole rings is 1. The number of pyridine rings is 1. The second-order valence-electron chi connectivity index (χ2n) is 13.3. The van der Waals surface area contributed by atoms with Gasteiger partial charge in [0.1, 0.15) is 5.01 Å². The first-order valence-electron chi connectivity index (χ1n) is 17.5. The highest BCUT2D eigenvalue weighted by atomic mass is 32.1. The Morgan fingerprint density at radius 3 is 2.21 bits per heavy atom. The predicted octanol–water partition coefficient (Wildman–Crippen LogP) is 7.30. The lowest BCUT2D eigenvalue weighted by Gasteiger charge is -2.29. The van der Waals surface area contributed by atoms with Gasteiger partial charge < -0.3 is 15.1 Å². The van der Waals surface area contributed by atoms with Gasteiger partial charge in [0.05, 0.1) is 22.5 Å². The van der Waals surface area contributed by atoms with Gasteiger partial charge in [-0.2, -0.15) is 0 Å². The SMILES string of the molecule is CCc1cccc(CC)c1-n1c(CC(C)C)c(C(=O)N2CCCCC2)cc(-c2nc(-c3ccc(N4CCNCC4)cc3)c(C)s2)c1=O. The van der Waals surface area contributed by atoms with E-state index in [1.807, 2.05) is 15.5 Å². The van der Waals surface area contributed by atoms with Gasteiger partial charge in [-0.05, 0) is 80.7 Å². The molecule has 7 nitrogen and oxygen atoms in total. The number of rotatable bonds is 9. The summed E-state index contributed by atoms with van der Waals surface area (Å²) in [6.07, 6.45) is 5.39. The van der Waals surface area contributed by atoms with E-state index in [0.29, 0.717) is 22.6 Å². The molecule has 0 unspecified atom stereocenters. The minimum atomic E-state index is -0.0965. The van der Waals surface area contributed by atoms with E-state index in [1.165, 1.54) is 5.69 Å². The zero-order valence-electron chi connectivity index (χ0n) is 28.7. The van der Waals surface area contributed by atoms with E-state index >= 15 is 0 Å². The smallest absolute Gasteiger partial charge is 0.265 e. The molecule has 0 saturated carbocycles. The highest BCUT2D eigenvalue weighted by Crippen LogP contribution is 2.35. The van der Waals surface area contributed by atoms with Crippen LogP contribution in [0.4, 0.5) is 5.69 Å². The number of nitrogens with zero attached hydrogens (tertiary/aromatic N) is 4. The summed E-state index contributed by atoms with van der Waals surface area (Å²) in [7, 11) is 0. The molecule has 8 heteroatoms. The Morgan fingerprint density at radius 1 is 0.936 bits per heavy atom. The third kappa shape index (κ3) is 6.81. The van der Waals surface area contributed by atoms with Crippen LogP contribution in [0.1, 0.15) is 79.0 Å². The van der Waals surface area contributed by atoms with Crippen molar-refractivity contribution < 1.29 is 4.79 Å². The summed E-state index contributed by atoms with van der Waals surface area (Å²) < 4.78 is 1.91. The molecule has 2 aliphatic heterocycles. The first-order valence-corrected chi connectivity index (χ1v) is 18.4. The van der Waals surface area contributed by atoms with E-state index in [2.05, 4.69) is 87.3 Å². The van der Waals surface area contributed by atoms with Crippen LogP contribution < -0.4 is 15.8 Å². The van der Waals surface area contributed by atoms with E-state index in [0.717, 1.165) is 110 Å². The number of amides is 1. The van der Waals surface area contributed by atoms with Crippen molar-refractivity contribution in [3.05, 3.63) is 86.1 Å². The fraction of sp³-hybridized carbons (Fsp3) is 0.462. The number of piperidine rings is 1. The van der Waals surface area contributed by atoms with Crippen molar-refractivity contribution in [3.63, 3.8) is 0 Å². The summed E-state index contributed by atoms with van der Waals surface area (Å²) in [4.78, 5) is 39.9. The van der Waals surface area contributed by atoms with E-state index in [1.54, 1.807) is 11.3 Å². The maximum atomic E-state index is 14.9. The molecule has 1 amide bonds. The molecule has 2 saturated heterocycles. The maximum Gasteiger partial charge on any atom is 0.265 e. The van der Waals surface area contributed by atoms with Crippen molar-refractivity contribution >= 4 is 22.9 Å². The van der Waals surface area contributed by atoms with Gasteiger partial charge in [-0.25, -0.2) is 4.98 Å². The van der Waals surface area contributed by atoms with Crippen LogP contribution in [0, 0.1) is 12.8 Å². The average Bonchev–Trinajstić information content (AvgIpc) is 3.49. The van der Waals surface area contributed by atoms with Crippen molar-refractivity contribution in [1.82, 2.24) is 19.8 Å². The molecule has 47 heavy (non-hydrogen) atoms. The molecule has 1 N–H and O–H groups in total. The van der Waals surface area contributed by atoms with E-state index in [4.69, 9.17) is 4.98 Å². The van der Waals surface area contributed by atoms with Gasteiger partial charge in [-0.3, -0.25) is 14.2 Å². The highest BCUT2D eigenvalue weighted by molar-refractivity contribution is 7.15. The number of hydrogen-bond acceptors (Lipinski definition) is 6. The molecular formula is C39H49N5O2S. The monoisotopic (exact) mass is 651 g/mol. The Labute approximate surface area is 283 Å². The standard InChI is InChI=1S/C39H49N5O2S/c1-6-28-12-11-13-29(7-2)36(28)44-34(24-26(3)4)32(38(45)43-20-9-8-10-21-43)25-33(39(44)46)37-41-35(27(5)47-37)30-14-16-31(17-15-30)42-22-18-40-19-23-42/h11-17,25-26,40H,6-10,18-24H2,1-5H3. The number of hydrogen-bond donors (Lipinski definition) is 1. The molecule has 2 aromatic heterocycles. The largest absolute Gasteiger partial charge is 0.369 e. The quantitative estimate of drug-likeness (QED) is 0.206. The van der Waals surface area contributed by atoms with Gasteiger partial charge in [0.2, 0.25) is 0 Å². The summed E-state index contributed by atoms with van der Waals surface area (Å²) in [6, 6.07) is 16.8. The number of piperazine rings is 1. The molecule has 2 aromatic carbocycles. The highest BCUT2D eigenvalue weighted by Gasteiger charge is 2.29. The minimum Gasteiger partial charge on any atom is -0.369 e. The number of nitrogens with one attached hydrogen (secondary N) is 1. The molecule has 0 atom stereocenters. The molecule has 4 heterocycles. The van der Waals surface area contributed by atoms with Crippen molar-refractivity contribution in [1.29, 1.82) is 0 Å². The molecule has 4 aromatic rings. The van der Waals surface area contributed by atoms with E-state index in [-0.39, 0.29) is 17.4 Å². The molecule has 2 fully saturated rings. The number of anilines is 1. The predicted molar refractivity (Wildman–Crippen MR) is 195 cm³/mol.